The predicted octanol–water partition coefficient (Wildman–Crippen LogP) is 1.55. The second-order valence-electron chi connectivity index (χ2n) is 3.77. The van der Waals surface area contributed by atoms with Gasteiger partial charge in [0.2, 0.25) is 0 Å². The fraction of sp³-hybridized carbons (Fsp3) is 0.400. The summed E-state index contributed by atoms with van der Waals surface area (Å²) in [5, 5.41) is 7.71. The van der Waals surface area contributed by atoms with Crippen LogP contribution >= 0.6 is 0 Å². The summed E-state index contributed by atoms with van der Waals surface area (Å²) in [5.41, 5.74) is 0.891. The second kappa shape index (κ2) is 2.97. The van der Waals surface area contributed by atoms with Gasteiger partial charge in [-0.1, -0.05) is 0 Å². The normalized spacial score (nSPS) is 16.0. The Morgan fingerprint density at radius 2 is 2.36 bits per heavy atom. The van der Waals surface area contributed by atoms with E-state index in [0.29, 0.717) is 0 Å². The van der Waals surface area contributed by atoms with Gasteiger partial charge in [0.1, 0.15) is 5.82 Å². The highest BCUT2D eigenvalue weighted by atomic mass is 15.3. The standard InChI is InChI=1S/C10H12N4/c1-2-8(1)7-12-9-3-4-10-11-5-6-14(10)13-9/h3-6,8H,1-2,7H2,(H,12,13). The molecule has 3 rings (SSSR count). The molecule has 2 aromatic heterocycles. The average Bonchev–Trinajstić information content (AvgIpc) is 2.92. The van der Waals surface area contributed by atoms with E-state index >= 15 is 0 Å². The zero-order chi connectivity index (χ0) is 9.38. The molecule has 1 aliphatic carbocycles. The summed E-state index contributed by atoms with van der Waals surface area (Å²) in [6.07, 6.45) is 6.34. The van der Waals surface area contributed by atoms with Gasteiger partial charge in [0.05, 0.1) is 0 Å². The Hall–Kier alpha value is -1.58. The van der Waals surface area contributed by atoms with Crippen LogP contribution < -0.4 is 5.32 Å². The van der Waals surface area contributed by atoms with E-state index in [0.717, 1.165) is 23.9 Å². The van der Waals surface area contributed by atoms with E-state index in [1.807, 2.05) is 18.3 Å². The molecule has 2 aromatic rings. The number of nitrogens with one attached hydrogen (secondary N) is 1. The molecule has 0 unspecified atom stereocenters. The first-order chi connectivity index (χ1) is 6.92. The molecule has 1 N–H and O–H groups in total. The fourth-order valence-corrected chi connectivity index (χ4v) is 1.48. The highest BCUT2D eigenvalue weighted by Crippen LogP contribution is 2.28. The van der Waals surface area contributed by atoms with Crippen molar-refractivity contribution in [3.05, 3.63) is 24.5 Å². The van der Waals surface area contributed by atoms with Gasteiger partial charge in [-0.2, -0.15) is 0 Å². The fourth-order valence-electron chi connectivity index (χ4n) is 1.48. The maximum absolute atomic E-state index is 4.38. The van der Waals surface area contributed by atoms with Crippen LogP contribution in [0.1, 0.15) is 12.8 Å². The summed E-state index contributed by atoms with van der Waals surface area (Å²) in [6, 6.07) is 3.95. The molecule has 0 bridgehead atoms. The topological polar surface area (TPSA) is 42.2 Å². The molecule has 0 amide bonds. The van der Waals surface area contributed by atoms with E-state index < -0.39 is 0 Å². The van der Waals surface area contributed by atoms with Crippen molar-refractivity contribution < 1.29 is 0 Å². The van der Waals surface area contributed by atoms with Crippen LogP contribution in [0.2, 0.25) is 0 Å². The van der Waals surface area contributed by atoms with Crippen LogP contribution in [0.15, 0.2) is 24.5 Å². The third-order valence-corrected chi connectivity index (χ3v) is 2.52. The molecule has 72 valence electrons. The smallest absolute Gasteiger partial charge is 0.153 e. The van der Waals surface area contributed by atoms with Crippen LogP contribution in [-0.2, 0) is 0 Å². The molecular weight excluding hydrogens is 176 g/mol. The van der Waals surface area contributed by atoms with Crippen LogP contribution in [0.3, 0.4) is 0 Å². The molecule has 0 aromatic carbocycles. The van der Waals surface area contributed by atoms with Crippen LogP contribution in [0.4, 0.5) is 5.82 Å². The molecular formula is C10H12N4. The van der Waals surface area contributed by atoms with E-state index in [2.05, 4.69) is 15.4 Å². The van der Waals surface area contributed by atoms with Crippen LogP contribution in [0.5, 0.6) is 0 Å². The minimum Gasteiger partial charge on any atom is -0.368 e. The first-order valence-electron chi connectivity index (χ1n) is 4.96. The van der Waals surface area contributed by atoms with E-state index in [9.17, 15) is 0 Å². The molecule has 4 nitrogen and oxygen atoms in total. The largest absolute Gasteiger partial charge is 0.368 e. The number of nitrogens with zero attached hydrogens (tertiary/aromatic N) is 3. The molecule has 0 aliphatic heterocycles. The quantitative estimate of drug-likeness (QED) is 0.794. The minimum atomic E-state index is 0.871. The van der Waals surface area contributed by atoms with Gasteiger partial charge in [-0.25, -0.2) is 9.50 Å². The summed E-state index contributed by atoms with van der Waals surface area (Å²) in [4.78, 5) is 4.14. The van der Waals surface area contributed by atoms with Gasteiger partial charge in [0.15, 0.2) is 5.65 Å². The highest BCUT2D eigenvalue weighted by molar-refractivity contribution is 5.43. The predicted molar refractivity (Wildman–Crippen MR) is 54.2 cm³/mol. The molecule has 14 heavy (non-hydrogen) atoms. The van der Waals surface area contributed by atoms with Gasteiger partial charge in [-0.3, -0.25) is 0 Å². The third-order valence-electron chi connectivity index (χ3n) is 2.52. The minimum absolute atomic E-state index is 0.871. The molecule has 2 heterocycles. The third kappa shape index (κ3) is 1.43. The Morgan fingerprint density at radius 3 is 3.21 bits per heavy atom. The van der Waals surface area contributed by atoms with Crippen molar-refractivity contribution in [1.29, 1.82) is 0 Å². The van der Waals surface area contributed by atoms with Gasteiger partial charge in [-0.15, -0.1) is 5.10 Å². The van der Waals surface area contributed by atoms with E-state index in [-0.39, 0.29) is 0 Å². The molecule has 0 spiro atoms. The maximum atomic E-state index is 4.38. The van der Waals surface area contributed by atoms with Crippen molar-refractivity contribution in [3.63, 3.8) is 0 Å². The van der Waals surface area contributed by atoms with Gasteiger partial charge < -0.3 is 5.32 Å². The summed E-state index contributed by atoms with van der Waals surface area (Å²) < 4.78 is 1.79. The molecule has 0 atom stereocenters. The zero-order valence-electron chi connectivity index (χ0n) is 7.85. The molecule has 1 saturated carbocycles. The number of hydrogen-bond acceptors (Lipinski definition) is 3. The second-order valence-corrected chi connectivity index (χ2v) is 3.77. The lowest BCUT2D eigenvalue weighted by molar-refractivity contribution is 0.861. The van der Waals surface area contributed by atoms with Crippen LogP contribution in [-0.4, -0.2) is 21.1 Å². The van der Waals surface area contributed by atoms with Crippen molar-refractivity contribution in [3.8, 4) is 0 Å². The number of hydrogen-bond donors (Lipinski definition) is 1. The van der Waals surface area contributed by atoms with Crippen molar-refractivity contribution in [2.45, 2.75) is 12.8 Å². The lowest BCUT2D eigenvalue weighted by atomic mass is 10.4. The Labute approximate surface area is 82.0 Å². The first-order valence-corrected chi connectivity index (χ1v) is 4.96. The summed E-state index contributed by atoms with van der Waals surface area (Å²) in [6.45, 7) is 1.05. The Bertz CT molecular complexity index is 444. The average molecular weight is 188 g/mol. The number of imidazole rings is 1. The monoisotopic (exact) mass is 188 g/mol. The first kappa shape index (κ1) is 7.79. The van der Waals surface area contributed by atoms with Gasteiger partial charge >= 0.3 is 0 Å². The van der Waals surface area contributed by atoms with Crippen LogP contribution in [0.25, 0.3) is 5.65 Å². The Morgan fingerprint density at radius 1 is 1.43 bits per heavy atom. The van der Waals surface area contributed by atoms with E-state index in [1.54, 1.807) is 10.7 Å². The SMILES string of the molecule is c1cn2nc(NCC3CC3)ccc2n1. The van der Waals surface area contributed by atoms with E-state index in [1.165, 1.54) is 12.8 Å². The van der Waals surface area contributed by atoms with E-state index in [4.69, 9.17) is 0 Å². The van der Waals surface area contributed by atoms with Crippen molar-refractivity contribution >= 4 is 11.5 Å². The molecule has 1 aliphatic rings. The van der Waals surface area contributed by atoms with Crippen molar-refractivity contribution in [2.75, 3.05) is 11.9 Å². The molecule has 4 heteroatoms. The number of rotatable bonds is 3. The molecule has 1 fully saturated rings. The van der Waals surface area contributed by atoms with Crippen molar-refractivity contribution in [1.82, 2.24) is 14.6 Å². The Balaban J connectivity index is 1.81. The zero-order valence-corrected chi connectivity index (χ0v) is 7.85. The van der Waals surface area contributed by atoms with Gasteiger partial charge in [0.25, 0.3) is 0 Å². The number of fused-ring (bicyclic) bond motifs is 1. The molecule has 0 radical (unpaired) electrons. The summed E-state index contributed by atoms with van der Waals surface area (Å²) in [7, 11) is 0. The maximum Gasteiger partial charge on any atom is 0.153 e. The highest BCUT2D eigenvalue weighted by Gasteiger charge is 2.20. The van der Waals surface area contributed by atoms with Gasteiger partial charge in [0, 0.05) is 18.9 Å². The van der Waals surface area contributed by atoms with Gasteiger partial charge in [-0.05, 0) is 30.9 Å². The Kier molecular flexibility index (Phi) is 1.65. The van der Waals surface area contributed by atoms with Crippen molar-refractivity contribution in [2.24, 2.45) is 5.92 Å². The lowest BCUT2D eigenvalue weighted by Crippen LogP contribution is -2.06. The summed E-state index contributed by atoms with van der Waals surface area (Å²) in [5.74, 6) is 1.80. The molecule has 0 saturated heterocycles. The summed E-state index contributed by atoms with van der Waals surface area (Å²) >= 11 is 0. The van der Waals surface area contributed by atoms with Crippen LogP contribution in [0, 0.1) is 5.92 Å². The lowest BCUT2D eigenvalue weighted by Gasteiger charge is -2.03. The number of anilines is 1. The number of aromatic nitrogens is 3.